The number of hydrogen-bond acceptors (Lipinski definition) is 10. The van der Waals surface area contributed by atoms with E-state index >= 15 is 0 Å². The minimum absolute atomic E-state index is 0.109. The summed E-state index contributed by atoms with van der Waals surface area (Å²) in [4.78, 5) is 49.7. The molecule has 14 nitrogen and oxygen atoms in total. The summed E-state index contributed by atoms with van der Waals surface area (Å²) in [5, 5.41) is 15.8. The molecule has 0 radical (unpaired) electrons. The number of amides is 3. The molecule has 3 saturated heterocycles. The van der Waals surface area contributed by atoms with Gasteiger partial charge < -0.3 is 19.9 Å². The van der Waals surface area contributed by atoms with E-state index in [0.717, 1.165) is 93.6 Å². The van der Waals surface area contributed by atoms with Crippen LogP contribution >= 0.6 is 0 Å². The van der Waals surface area contributed by atoms with Crippen LogP contribution in [0.1, 0.15) is 73.2 Å². The lowest BCUT2D eigenvalue weighted by Crippen LogP contribution is -2.53. The lowest BCUT2D eigenvalue weighted by atomic mass is 9.85. The highest BCUT2D eigenvalue weighted by atomic mass is 16.5. The van der Waals surface area contributed by atoms with Crippen molar-refractivity contribution in [3.63, 3.8) is 0 Å². The van der Waals surface area contributed by atoms with E-state index < -0.39 is 0 Å². The van der Waals surface area contributed by atoms with Crippen LogP contribution in [0, 0.1) is 5.92 Å². The van der Waals surface area contributed by atoms with Crippen molar-refractivity contribution in [1.29, 1.82) is 0 Å². The standard InChI is InChI=1S/C42H50N10O4/c1-56-37-24-36-30(27-51(47-36)40-25-43-38-3-2-16-44-52(38)40)23-35(37)42(55)45-31-8-4-28(5-9-31)26-48-17-14-33(15-18-48)50-21-19-49(20-22-50)32-10-6-29(7-11-32)34-12-13-39(53)46-41(34)54/h2-3,6-7,10-11,16,23-25,27-28,31,33-34H,4-5,8-9,12-15,17-22,26H2,1H3,(H,45,55)(H,46,53,54). The van der Waals surface area contributed by atoms with Gasteiger partial charge in [-0.2, -0.15) is 14.7 Å². The maximum atomic E-state index is 13.6. The third-order valence-corrected chi connectivity index (χ3v) is 12.6. The van der Waals surface area contributed by atoms with Gasteiger partial charge in [0.15, 0.2) is 11.5 Å². The predicted octanol–water partition coefficient (Wildman–Crippen LogP) is 4.17. The average molecular weight is 759 g/mol. The predicted molar refractivity (Wildman–Crippen MR) is 212 cm³/mol. The highest BCUT2D eigenvalue weighted by Crippen LogP contribution is 2.31. The Bertz CT molecular complexity index is 2210. The molecule has 1 atom stereocenters. The van der Waals surface area contributed by atoms with Gasteiger partial charge in [-0.3, -0.25) is 24.6 Å². The lowest BCUT2D eigenvalue weighted by molar-refractivity contribution is -0.134. The molecule has 292 valence electrons. The number of carbonyl (C=O) groups excluding carboxylic acids is 3. The van der Waals surface area contributed by atoms with Crippen LogP contribution in [-0.4, -0.2) is 117 Å². The first-order chi connectivity index (χ1) is 27.4. The molecular weight excluding hydrogens is 709 g/mol. The number of nitrogens with one attached hydrogen (secondary N) is 2. The van der Waals surface area contributed by atoms with Crippen LogP contribution in [0.2, 0.25) is 0 Å². The van der Waals surface area contributed by atoms with Gasteiger partial charge in [-0.25, -0.2) is 9.67 Å². The summed E-state index contributed by atoms with van der Waals surface area (Å²) in [5.41, 5.74) is 4.16. The highest BCUT2D eigenvalue weighted by molar-refractivity contribution is 6.01. The molecule has 56 heavy (non-hydrogen) atoms. The number of imidazole rings is 1. The fourth-order valence-corrected chi connectivity index (χ4v) is 9.35. The zero-order chi connectivity index (χ0) is 38.2. The molecule has 14 heteroatoms. The van der Waals surface area contributed by atoms with Gasteiger partial charge in [0.25, 0.3) is 5.91 Å². The minimum Gasteiger partial charge on any atom is -0.496 e. The second-order valence-corrected chi connectivity index (χ2v) is 15.9. The Kier molecular flexibility index (Phi) is 10.2. The Hall–Kier alpha value is -5.34. The second-order valence-electron chi connectivity index (χ2n) is 15.9. The van der Waals surface area contributed by atoms with Crippen LogP contribution in [0.25, 0.3) is 22.4 Å². The first kappa shape index (κ1) is 36.3. The molecule has 5 aromatic rings. The number of piperazine rings is 1. The van der Waals surface area contributed by atoms with Gasteiger partial charge >= 0.3 is 0 Å². The Morgan fingerprint density at radius 3 is 2.46 bits per heavy atom. The number of fused-ring (bicyclic) bond motifs is 2. The van der Waals surface area contributed by atoms with E-state index in [1.54, 1.807) is 28.7 Å². The van der Waals surface area contributed by atoms with Crippen LogP contribution in [0.15, 0.2) is 67.1 Å². The number of methoxy groups -OCH3 is 1. The number of imide groups is 1. The first-order valence-corrected chi connectivity index (χ1v) is 20.2. The van der Waals surface area contributed by atoms with Crippen LogP contribution in [0.5, 0.6) is 5.75 Å². The summed E-state index contributed by atoms with van der Waals surface area (Å²) in [6, 6.07) is 16.6. The number of rotatable bonds is 9. The van der Waals surface area contributed by atoms with Gasteiger partial charge in [0.05, 0.1) is 30.3 Å². The van der Waals surface area contributed by atoms with Gasteiger partial charge in [0.2, 0.25) is 11.8 Å². The van der Waals surface area contributed by atoms with Crippen LogP contribution in [-0.2, 0) is 9.59 Å². The van der Waals surface area contributed by atoms with Crippen molar-refractivity contribution in [2.45, 2.75) is 69.4 Å². The number of benzene rings is 2. The number of nitrogens with zero attached hydrogens (tertiary/aromatic N) is 8. The normalized spacial score (nSPS) is 23.1. The molecule has 2 aromatic carbocycles. The van der Waals surface area contributed by atoms with Crippen molar-refractivity contribution in [3.8, 4) is 11.6 Å². The van der Waals surface area contributed by atoms with Crippen molar-refractivity contribution in [3.05, 3.63) is 78.2 Å². The fraction of sp³-hybridized carbons (Fsp3) is 0.476. The van der Waals surface area contributed by atoms with E-state index in [1.165, 1.54) is 18.5 Å². The van der Waals surface area contributed by atoms with E-state index in [9.17, 15) is 14.4 Å². The maximum Gasteiger partial charge on any atom is 0.255 e. The molecule has 6 heterocycles. The molecule has 4 fully saturated rings. The summed E-state index contributed by atoms with van der Waals surface area (Å²) in [7, 11) is 1.59. The molecule has 0 bridgehead atoms. The Labute approximate surface area is 326 Å². The Morgan fingerprint density at radius 2 is 1.71 bits per heavy atom. The molecule has 3 aromatic heterocycles. The number of anilines is 1. The second kappa shape index (κ2) is 15.7. The third kappa shape index (κ3) is 7.47. The van der Waals surface area contributed by atoms with E-state index in [4.69, 9.17) is 9.84 Å². The largest absolute Gasteiger partial charge is 0.496 e. The molecule has 1 saturated carbocycles. The SMILES string of the molecule is COc1cc2nn(-c3cnc4cccnn34)cc2cc1C(=O)NC1CCC(CN2CCC(N3CCN(c4ccc(C5CCC(=O)NC5=O)cc4)CC3)CC2)CC1. The molecule has 2 N–H and O–H groups in total. The van der Waals surface area contributed by atoms with E-state index in [1.807, 2.05) is 30.5 Å². The van der Waals surface area contributed by atoms with Gasteiger partial charge in [0, 0.05) is 80.8 Å². The van der Waals surface area contributed by atoms with E-state index in [-0.39, 0.29) is 29.7 Å². The molecule has 3 aliphatic heterocycles. The molecule has 4 aliphatic rings. The van der Waals surface area contributed by atoms with E-state index in [2.05, 4.69) is 59.7 Å². The maximum absolute atomic E-state index is 13.6. The highest BCUT2D eigenvalue weighted by Gasteiger charge is 2.31. The van der Waals surface area contributed by atoms with E-state index in [0.29, 0.717) is 41.9 Å². The quantitative estimate of drug-likeness (QED) is 0.211. The van der Waals surface area contributed by atoms with Crippen LogP contribution in [0.3, 0.4) is 0 Å². The smallest absolute Gasteiger partial charge is 0.255 e. The van der Waals surface area contributed by atoms with Gasteiger partial charge in [-0.1, -0.05) is 12.1 Å². The molecule has 0 spiro atoms. The van der Waals surface area contributed by atoms with Crippen LogP contribution < -0.4 is 20.3 Å². The summed E-state index contributed by atoms with van der Waals surface area (Å²) in [6.07, 6.45) is 13.0. The molecule has 1 unspecified atom stereocenters. The molecule has 1 aliphatic carbocycles. The molecule has 3 amide bonds. The summed E-state index contributed by atoms with van der Waals surface area (Å²) in [6.45, 7) is 7.59. The first-order valence-electron chi connectivity index (χ1n) is 20.2. The monoisotopic (exact) mass is 758 g/mol. The zero-order valence-corrected chi connectivity index (χ0v) is 32.0. The molecular formula is C42H50N10O4. The number of likely N-dealkylation sites (tertiary alicyclic amines) is 1. The molecule has 9 rings (SSSR count). The van der Waals surface area contributed by atoms with Gasteiger partial charge in [-0.05, 0) is 99.8 Å². The number of aromatic nitrogens is 5. The summed E-state index contributed by atoms with van der Waals surface area (Å²) < 4.78 is 9.13. The number of hydrogen-bond donors (Lipinski definition) is 2. The fourth-order valence-electron chi connectivity index (χ4n) is 9.35. The lowest BCUT2D eigenvalue weighted by Gasteiger charge is -2.44. The average Bonchev–Trinajstić information content (AvgIpc) is 3.86. The van der Waals surface area contributed by atoms with Crippen LogP contribution in [0.4, 0.5) is 5.69 Å². The minimum atomic E-state index is -0.238. The van der Waals surface area contributed by atoms with Gasteiger partial charge in [0.1, 0.15) is 5.75 Å². The van der Waals surface area contributed by atoms with Crippen molar-refractivity contribution in [2.24, 2.45) is 5.92 Å². The number of ether oxygens (including phenoxy) is 1. The zero-order valence-electron chi connectivity index (χ0n) is 32.0. The number of piperidine rings is 2. The number of carbonyl (C=O) groups is 3. The summed E-state index contributed by atoms with van der Waals surface area (Å²) >= 11 is 0. The van der Waals surface area contributed by atoms with Gasteiger partial charge in [-0.15, -0.1) is 0 Å². The topological polar surface area (TPSA) is 142 Å². The Morgan fingerprint density at radius 1 is 0.929 bits per heavy atom. The van der Waals surface area contributed by atoms with Crippen molar-refractivity contribution < 1.29 is 19.1 Å². The Balaban J connectivity index is 0.716. The third-order valence-electron chi connectivity index (χ3n) is 12.6. The van der Waals surface area contributed by atoms with Crippen molar-refractivity contribution in [2.75, 3.05) is 57.8 Å². The summed E-state index contributed by atoms with van der Waals surface area (Å²) in [5.74, 6) is 1.18. The van der Waals surface area contributed by atoms with Crippen molar-refractivity contribution >= 4 is 40.0 Å². The van der Waals surface area contributed by atoms with Crippen molar-refractivity contribution in [1.82, 2.24) is 44.8 Å².